The predicted octanol–water partition coefficient (Wildman–Crippen LogP) is 7.96. The monoisotopic (exact) mass is 811 g/mol. The zero-order chi connectivity index (χ0) is 41.1. The van der Waals surface area contributed by atoms with Crippen LogP contribution < -0.4 is 11.5 Å². The number of hydrogen-bond acceptors (Lipinski definition) is 9. The summed E-state index contributed by atoms with van der Waals surface area (Å²) in [4.78, 5) is 34.8. The number of nitrogens with zero attached hydrogens (tertiary/aromatic N) is 6. The lowest BCUT2D eigenvalue weighted by atomic mass is 9.70. The first kappa shape index (κ1) is 42.5. The van der Waals surface area contributed by atoms with Gasteiger partial charge >= 0.3 is 0 Å². The second-order valence-electron chi connectivity index (χ2n) is 18.5. The van der Waals surface area contributed by atoms with Crippen LogP contribution in [0.3, 0.4) is 0 Å². The van der Waals surface area contributed by atoms with Crippen LogP contribution in [0.5, 0.6) is 0 Å². The zero-order valence-electron chi connectivity index (χ0n) is 36.1. The summed E-state index contributed by atoms with van der Waals surface area (Å²) in [6.07, 6.45) is 14.9. The molecule has 8 rings (SSSR count). The number of Topliss-reactive ketones (excluding diaryl/α,β-unsaturated/α-hetero) is 1. The van der Waals surface area contributed by atoms with E-state index < -0.39 is 0 Å². The maximum atomic E-state index is 15.2. The Morgan fingerprint density at radius 2 is 0.867 bits per heavy atom. The van der Waals surface area contributed by atoms with Gasteiger partial charge in [0.05, 0.1) is 11.4 Å². The Balaban J connectivity index is 0.835. The zero-order valence-corrected chi connectivity index (χ0v) is 36.1. The summed E-state index contributed by atoms with van der Waals surface area (Å²) < 4.78 is 0. The standard InChI is InChI=1S/C51H70N8O/c52-49-15-7-13-47(54-49)43-21-17-39(18-22-43)25-27-56-29-33-58(34-30-56)37-45(41-9-3-1-4-10-41)51(60)46(42-11-5-2-6-12-42)38-59-35-31-57(32-36-59)28-26-40-19-23-44(24-20-40)48-14-8-16-50(53)55-48/h7-8,13-24,41-42,45-46H,1-6,9-12,25-38H2,(H2,52,54)(H2,53,55). The molecular weight excluding hydrogens is 741 g/mol. The lowest BCUT2D eigenvalue weighted by molar-refractivity contribution is -0.133. The first-order valence-corrected chi connectivity index (χ1v) is 23.5. The Kier molecular flexibility index (Phi) is 14.9. The Morgan fingerprint density at radius 1 is 0.500 bits per heavy atom. The highest BCUT2D eigenvalue weighted by atomic mass is 16.1. The average molecular weight is 811 g/mol. The van der Waals surface area contributed by atoms with Crippen molar-refractivity contribution in [3.8, 4) is 22.5 Å². The Labute approximate surface area is 359 Å². The fraction of sp³-hybridized carbons (Fsp3) is 0.549. The molecule has 9 nitrogen and oxygen atoms in total. The molecule has 4 N–H and O–H groups in total. The molecule has 4 aliphatic rings. The van der Waals surface area contributed by atoms with Crippen LogP contribution in [-0.2, 0) is 17.6 Å². The third kappa shape index (κ3) is 11.6. The van der Waals surface area contributed by atoms with Gasteiger partial charge in [-0.2, -0.15) is 0 Å². The molecule has 0 radical (unpaired) electrons. The highest BCUT2D eigenvalue weighted by molar-refractivity contribution is 5.84. The normalized spacial score (nSPS) is 20.5. The van der Waals surface area contributed by atoms with Gasteiger partial charge in [0.1, 0.15) is 17.4 Å². The van der Waals surface area contributed by atoms with E-state index in [1.54, 1.807) is 0 Å². The minimum Gasteiger partial charge on any atom is -0.384 e. The Hall–Kier alpha value is -4.15. The van der Waals surface area contributed by atoms with Crippen LogP contribution in [-0.4, -0.2) is 114 Å². The van der Waals surface area contributed by atoms with Crippen molar-refractivity contribution >= 4 is 17.4 Å². The van der Waals surface area contributed by atoms with Crippen LogP contribution in [0.15, 0.2) is 84.9 Å². The molecule has 2 aliphatic carbocycles. The van der Waals surface area contributed by atoms with Gasteiger partial charge in [-0.25, -0.2) is 9.97 Å². The van der Waals surface area contributed by atoms with E-state index in [1.165, 1.54) is 75.3 Å². The van der Waals surface area contributed by atoms with E-state index in [9.17, 15) is 0 Å². The molecule has 320 valence electrons. The van der Waals surface area contributed by atoms with Gasteiger partial charge in [-0.1, -0.05) is 99.2 Å². The van der Waals surface area contributed by atoms with E-state index in [4.69, 9.17) is 11.5 Å². The van der Waals surface area contributed by atoms with Crippen molar-refractivity contribution in [2.75, 3.05) is 90.0 Å². The molecule has 0 amide bonds. The van der Waals surface area contributed by atoms with Crippen molar-refractivity contribution in [1.29, 1.82) is 0 Å². The van der Waals surface area contributed by atoms with Gasteiger partial charge in [-0.3, -0.25) is 4.79 Å². The molecule has 2 atom stereocenters. The van der Waals surface area contributed by atoms with E-state index in [1.807, 2.05) is 36.4 Å². The number of carbonyl (C=O) groups is 1. The van der Waals surface area contributed by atoms with Gasteiger partial charge in [0.25, 0.3) is 0 Å². The van der Waals surface area contributed by atoms with Crippen LogP contribution in [0, 0.1) is 23.7 Å². The topological polar surface area (TPSA) is 108 Å². The van der Waals surface area contributed by atoms with E-state index >= 15 is 4.79 Å². The molecule has 2 saturated carbocycles. The molecule has 0 spiro atoms. The molecule has 2 aliphatic heterocycles. The number of aromatic nitrogens is 2. The summed E-state index contributed by atoms with van der Waals surface area (Å²) in [5.41, 5.74) is 18.6. The van der Waals surface area contributed by atoms with Crippen LogP contribution in [0.2, 0.25) is 0 Å². The largest absolute Gasteiger partial charge is 0.384 e. The van der Waals surface area contributed by atoms with Crippen LogP contribution in [0.1, 0.15) is 75.3 Å². The molecule has 2 aromatic carbocycles. The van der Waals surface area contributed by atoms with Crippen molar-refractivity contribution in [2.45, 2.75) is 77.0 Å². The van der Waals surface area contributed by atoms with Gasteiger partial charge < -0.3 is 31.1 Å². The third-order valence-electron chi connectivity index (χ3n) is 14.5. The summed E-state index contributed by atoms with van der Waals surface area (Å²) in [6.45, 7) is 12.7. The van der Waals surface area contributed by atoms with Gasteiger partial charge in [-0.15, -0.1) is 0 Å². The molecule has 9 heteroatoms. The second-order valence-corrected chi connectivity index (χ2v) is 18.5. The van der Waals surface area contributed by atoms with Gasteiger partial charge in [0, 0.05) is 101 Å². The molecule has 2 aromatic heterocycles. The molecule has 2 saturated heterocycles. The van der Waals surface area contributed by atoms with Crippen LogP contribution in [0.4, 0.5) is 11.6 Å². The van der Waals surface area contributed by atoms with Crippen molar-refractivity contribution < 1.29 is 4.79 Å². The van der Waals surface area contributed by atoms with Gasteiger partial charge in [0.15, 0.2) is 0 Å². The van der Waals surface area contributed by atoms with Crippen molar-refractivity contribution in [3.05, 3.63) is 96.1 Å². The van der Waals surface area contributed by atoms with Crippen molar-refractivity contribution in [3.63, 3.8) is 0 Å². The second kappa shape index (κ2) is 21.1. The lowest BCUT2D eigenvalue weighted by Gasteiger charge is -2.42. The van der Waals surface area contributed by atoms with Gasteiger partial charge in [0.2, 0.25) is 0 Å². The quantitative estimate of drug-likeness (QED) is 0.117. The number of anilines is 2. The number of benzene rings is 2. The molecule has 4 aromatic rings. The number of carbonyl (C=O) groups excluding carboxylic acids is 1. The van der Waals surface area contributed by atoms with Crippen LogP contribution in [0.25, 0.3) is 22.5 Å². The van der Waals surface area contributed by atoms with Crippen molar-refractivity contribution in [2.24, 2.45) is 23.7 Å². The molecule has 2 unspecified atom stereocenters. The molecule has 0 bridgehead atoms. The minimum atomic E-state index is 0.180. The van der Waals surface area contributed by atoms with Gasteiger partial charge in [-0.05, 0) is 85.8 Å². The Bertz CT molecular complexity index is 1780. The predicted molar refractivity (Wildman–Crippen MR) is 246 cm³/mol. The maximum Gasteiger partial charge on any atom is 0.142 e. The number of hydrogen-bond donors (Lipinski definition) is 2. The number of pyridine rings is 2. The lowest BCUT2D eigenvalue weighted by Crippen LogP contribution is -2.53. The molecular formula is C51H70N8O. The first-order valence-electron chi connectivity index (χ1n) is 23.5. The number of piperazine rings is 2. The molecule has 60 heavy (non-hydrogen) atoms. The highest BCUT2D eigenvalue weighted by Gasteiger charge is 2.40. The van der Waals surface area contributed by atoms with E-state index in [0.717, 1.165) is 114 Å². The fourth-order valence-corrected chi connectivity index (χ4v) is 10.7. The Morgan fingerprint density at radius 3 is 1.23 bits per heavy atom. The number of ketones is 1. The average Bonchev–Trinajstić information content (AvgIpc) is 3.30. The van der Waals surface area contributed by atoms with E-state index in [-0.39, 0.29) is 11.8 Å². The smallest absolute Gasteiger partial charge is 0.142 e. The maximum absolute atomic E-state index is 15.2. The first-order chi connectivity index (χ1) is 29.4. The van der Waals surface area contributed by atoms with Crippen molar-refractivity contribution in [1.82, 2.24) is 29.6 Å². The minimum absolute atomic E-state index is 0.180. The third-order valence-corrected chi connectivity index (χ3v) is 14.5. The molecule has 4 fully saturated rings. The number of rotatable bonds is 16. The number of nitrogens with two attached hydrogens (primary N) is 2. The molecule has 4 heterocycles. The SMILES string of the molecule is Nc1cccc(-c2ccc(CCN3CCN(CC(C(=O)C(CN4CCN(CCc5ccc(-c6cccc(N)n6)cc5)CC4)C4CCCCC4)C4CCCCC4)CC3)cc2)n1. The highest BCUT2D eigenvalue weighted by Crippen LogP contribution is 2.38. The van der Waals surface area contributed by atoms with E-state index in [2.05, 4.69) is 78.1 Å². The summed E-state index contributed by atoms with van der Waals surface area (Å²) in [7, 11) is 0. The van der Waals surface area contributed by atoms with E-state index in [0.29, 0.717) is 29.3 Å². The number of nitrogen functional groups attached to an aromatic ring is 2. The van der Waals surface area contributed by atoms with Crippen LogP contribution >= 0.6 is 0 Å². The fourth-order valence-electron chi connectivity index (χ4n) is 10.7. The summed E-state index contributed by atoms with van der Waals surface area (Å²) in [6, 6.07) is 29.2. The summed E-state index contributed by atoms with van der Waals surface area (Å²) in [5, 5.41) is 0. The summed E-state index contributed by atoms with van der Waals surface area (Å²) in [5.74, 6) is 3.20. The summed E-state index contributed by atoms with van der Waals surface area (Å²) >= 11 is 0.